The molecule has 0 atom stereocenters. The monoisotopic (exact) mass is 271 g/mol. The predicted octanol–water partition coefficient (Wildman–Crippen LogP) is 1.90. The van der Waals surface area contributed by atoms with Gasteiger partial charge in [-0.15, -0.1) is 0 Å². The van der Waals surface area contributed by atoms with Crippen LogP contribution in [0.5, 0.6) is 0 Å². The molecule has 1 aliphatic heterocycles. The van der Waals surface area contributed by atoms with Crippen LogP contribution in [0.1, 0.15) is 47.0 Å². The van der Waals surface area contributed by atoms with E-state index >= 15 is 0 Å². The van der Waals surface area contributed by atoms with E-state index < -0.39 is 23.0 Å². The minimum absolute atomic E-state index is 0.331. The third kappa shape index (κ3) is 3.93. The Morgan fingerprint density at radius 3 is 2.16 bits per heavy atom. The van der Waals surface area contributed by atoms with Crippen molar-refractivity contribution in [1.29, 1.82) is 0 Å². The number of esters is 1. The Morgan fingerprint density at radius 1 is 1.26 bits per heavy atom. The van der Waals surface area contributed by atoms with E-state index in [1.54, 1.807) is 20.8 Å². The van der Waals surface area contributed by atoms with Gasteiger partial charge in [-0.05, 0) is 59.7 Å². The lowest BCUT2D eigenvalue weighted by atomic mass is 9.78. The highest BCUT2D eigenvalue weighted by atomic mass is 16.6. The van der Waals surface area contributed by atoms with E-state index in [0.717, 1.165) is 13.0 Å². The quantitative estimate of drug-likeness (QED) is 0.625. The number of hydrogen-bond donors (Lipinski definition) is 1. The molecule has 0 spiro atoms. The largest absolute Gasteiger partial charge is 0.480 e. The number of piperidine rings is 1. The summed E-state index contributed by atoms with van der Waals surface area (Å²) in [6, 6.07) is 0. The third-order valence-electron chi connectivity index (χ3n) is 3.45. The summed E-state index contributed by atoms with van der Waals surface area (Å²) in [5.41, 5.74) is -2.02. The van der Waals surface area contributed by atoms with Crippen molar-refractivity contribution in [1.82, 2.24) is 4.90 Å². The summed E-state index contributed by atoms with van der Waals surface area (Å²) in [6.07, 6.45) is 1.70. The first-order chi connectivity index (χ1) is 8.71. The molecule has 0 aromatic heterocycles. The van der Waals surface area contributed by atoms with Gasteiger partial charge in [0, 0.05) is 0 Å². The summed E-state index contributed by atoms with van der Waals surface area (Å²) in [4.78, 5) is 26.0. The van der Waals surface area contributed by atoms with Crippen LogP contribution in [-0.4, -0.2) is 47.2 Å². The highest BCUT2D eigenvalue weighted by Gasteiger charge is 2.50. The Hall–Kier alpha value is -1.10. The molecule has 1 heterocycles. The zero-order chi connectivity index (χ0) is 14.7. The highest BCUT2D eigenvalue weighted by molar-refractivity contribution is 5.99. The number of likely N-dealkylation sites (tertiary alicyclic amines) is 1. The first-order valence-electron chi connectivity index (χ1n) is 6.90. The Morgan fingerprint density at radius 2 is 1.79 bits per heavy atom. The molecule has 1 aliphatic rings. The summed E-state index contributed by atoms with van der Waals surface area (Å²) in [5, 5.41) is 9.45. The average Bonchev–Trinajstić information content (AvgIpc) is 2.27. The molecule has 1 rings (SSSR count). The molecule has 0 saturated carbocycles. The van der Waals surface area contributed by atoms with Crippen LogP contribution in [0.25, 0.3) is 0 Å². The van der Waals surface area contributed by atoms with Crippen molar-refractivity contribution in [3.05, 3.63) is 0 Å². The third-order valence-corrected chi connectivity index (χ3v) is 3.45. The SMILES string of the molecule is CCCN1CCC(C(=O)O)(C(=O)OC(C)(C)C)CC1. The second-order valence-electron chi connectivity index (χ2n) is 6.23. The summed E-state index contributed by atoms with van der Waals surface area (Å²) in [5.74, 6) is -1.65. The van der Waals surface area contributed by atoms with Crippen LogP contribution in [0.2, 0.25) is 0 Å². The molecular formula is C14H25NO4. The van der Waals surface area contributed by atoms with E-state index in [2.05, 4.69) is 11.8 Å². The maximum atomic E-state index is 12.2. The fourth-order valence-corrected chi connectivity index (χ4v) is 2.36. The van der Waals surface area contributed by atoms with Gasteiger partial charge in [0.05, 0.1) is 0 Å². The van der Waals surface area contributed by atoms with Crippen LogP contribution in [-0.2, 0) is 14.3 Å². The number of carbonyl (C=O) groups is 2. The van der Waals surface area contributed by atoms with Gasteiger partial charge in [0.25, 0.3) is 0 Å². The molecule has 5 heteroatoms. The standard InChI is InChI=1S/C14H25NO4/c1-5-8-15-9-6-14(7-10-15,11(16)17)12(18)19-13(2,3)4/h5-10H2,1-4H3,(H,16,17). The summed E-state index contributed by atoms with van der Waals surface area (Å²) < 4.78 is 5.30. The Balaban J connectivity index is 2.78. The molecule has 0 aromatic carbocycles. The number of carbonyl (C=O) groups excluding carboxylic acids is 1. The van der Waals surface area contributed by atoms with Crippen molar-refractivity contribution in [3.8, 4) is 0 Å². The van der Waals surface area contributed by atoms with E-state index in [9.17, 15) is 14.7 Å². The molecule has 1 fully saturated rings. The molecule has 0 radical (unpaired) electrons. The van der Waals surface area contributed by atoms with Crippen LogP contribution in [0.3, 0.4) is 0 Å². The van der Waals surface area contributed by atoms with E-state index in [-0.39, 0.29) is 0 Å². The van der Waals surface area contributed by atoms with Crippen LogP contribution in [0.15, 0.2) is 0 Å². The molecule has 0 amide bonds. The Bertz CT molecular complexity index is 338. The smallest absolute Gasteiger partial charge is 0.324 e. The molecular weight excluding hydrogens is 246 g/mol. The topological polar surface area (TPSA) is 66.8 Å². The zero-order valence-electron chi connectivity index (χ0n) is 12.4. The zero-order valence-corrected chi connectivity index (χ0v) is 12.4. The van der Waals surface area contributed by atoms with E-state index in [4.69, 9.17) is 4.74 Å². The fraction of sp³-hybridized carbons (Fsp3) is 0.857. The molecule has 0 aromatic rings. The normalized spacial score (nSPS) is 20.0. The van der Waals surface area contributed by atoms with Gasteiger partial charge in [-0.1, -0.05) is 6.92 Å². The van der Waals surface area contributed by atoms with Gasteiger partial charge in [-0.25, -0.2) is 0 Å². The van der Waals surface area contributed by atoms with E-state index in [1.807, 2.05) is 0 Å². The van der Waals surface area contributed by atoms with Crippen molar-refractivity contribution >= 4 is 11.9 Å². The number of carboxylic acids is 1. The lowest BCUT2D eigenvalue weighted by Gasteiger charge is -2.38. The molecule has 19 heavy (non-hydrogen) atoms. The molecule has 0 aliphatic carbocycles. The lowest BCUT2D eigenvalue weighted by molar-refractivity contribution is -0.180. The van der Waals surface area contributed by atoms with Gasteiger partial charge in [-0.3, -0.25) is 9.59 Å². The molecule has 1 saturated heterocycles. The van der Waals surface area contributed by atoms with Crippen LogP contribution in [0.4, 0.5) is 0 Å². The van der Waals surface area contributed by atoms with Gasteiger partial charge < -0.3 is 14.7 Å². The lowest BCUT2D eigenvalue weighted by Crippen LogP contribution is -2.51. The second-order valence-corrected chi connectivity index (χ2v) is 6.23. The summed E-state index contributed by atoms with van der Waals surface area (Å²) >= 11 is 0. The predicted molar refractivity (Wildman–Crippen MR) is 71.9 cm³/mol. The molecule has 0 unspecified atom stereocenters. The van der Waals surface area contributed by atoms with Gasteiger partial charge in [0.1, 0.15) is 5.60 Å². The minimum Gasteiger partial charge on any atom is -0.480 e. The van der Waals surface area contributed by atoms with E-state index in [0.29, 0.717) is 25.9 Å². The van der Waals surface area contributed by atoms with Crippen molar-refractivity contribution in [2.45, 2.75) is 52.6 Å². The van der Waals surface area contributed by atoms with Crippen molar-refractivity contribution < 1.29 is 19.4 Å². The number of aliphatic carboxylic acids is 1. The van der Waals surface area contributed by atoms with Crippen molar-refractivity contribution in [2.75, 3.05) is 19.6 Å². The number of hydrogen-bond acceptors (Lipinski definition) is 4. The molecule has 5 nitrogen and oxygen atoms in total. The van der Waals surface area contributed by atoms with Gasteiger partial charge >= 0.3 is 11.9 Å². The van der Waals surface area contributed by atoms with Crippen LogP contribution >= 0.6 is 0 Å². The minimum atomic E-state index is -1.36. The molecule has 1 N–H and O–H groups in total. The molecule has 0 bridgehead atoms. The van der Waals surface area contributed by atoms with Gasteiger partial charge in [-0.2, -0.15) is 0 Å². The average molecular weight is 271 g/mol. The summed E-state index contributed by atoms with van der Waals surface area (Å²) in [6.45, 7) is 9.59. The van der Waals surface area contributed by atoms with Crippen molar-refractivity contribution in [2.24, 2.45) is 5.41 Å². The number of rotatable bonds is 4. The van der Waals surface area contributed by atoms with Crippen LogP contribution < -0.4 is 0 Å². The van der Waals surface area contributed by atoms with E-state index in [1.165, 1.54) is 0 Å². The Kier molecular flexibility index (Phi) is 4.96. The second kappa shape index (κ2) is 5.90. The van der Waals surface area contributed by atoms with Crippen molar-refractivity contribution in [3.63, 3.8) is 0 Å². The van der Waals surface area contributed by atoms with Gasteiger partial charge in [0.15, 0.2) is 5.41 Å². The number of nitrogens with zero attached hydrogens (tertiary/aromatic N) is 1. The van der Waals surface area contributed by atoms with Gasteiger partial charge in [0.2, 0.25) is 0 Å². The Labute approximate surface area is 114 Å². The maximum absolute atomic E-state index is 12.2. The highest BCUT2D eigenvalue weighted by Crippen LogP contribution is 2.34. The number of ether oxygens (including phenoxy) is 1. The summed E-state index contributed by atoms with van der Waals surface area (Å²) in [7, 11) is 0. The maximum Gasteiger partial charge on any atom is 0.324 e. The van der Waals surface area contributed by atoms with Crippen LogP contribution in [0, 0.1) is 5.41 Å². The first kappa shape index (κ1) is 16.0. The molecule has 110 valence electrons. The number of carboxylic acid groups (broad SMARTS) is 1. The first-order valence-corrected chi connectivity index (χ1v) is 6.90. The fourth-order valence-electron chi connectivity index (χ4n) is 2.36.